The van der Waals surface area contributed by atoms with Gasteiger partial charge in [0.25, 0.3) is 15.9 Å². The summed E-state index contributed by atoms with van der Waals surface area (Å²) >= 11 is 0. The quantitative estimate of drug-likeness (QED) is 0.429. The third kappa shape index (κ3) is 6.25. The molecule has 0 saturated carbocycles. The molecule has 1 heterocycles. The van der Waals surface area contributed by atoms with E-state index in [-0.39, 0.29) is 45.9 Å². The average Bonchev–Trinajstić information content (AvgIpc) is 2.96. The van der Waals surface area contributed by atoms with Gasteiger partial charge < -0.3 is 10.2 Å². The molecule has 0 atom stereocenters. The van der Waals surface area contributed by atoms with Crippen LogP contribution in [-0.2, 0) is 14.8 Å². The predicted octanol–water partition coefficient (Wildman–Crippen LogP) is 3.21. The van der Waals surface area contributed by atoms with E-state index < -0.39 is 15.9 Å². The number of benzene rings is 3. The highest BCUT2D eigenvalue weighted by atomic mass is 32.2. The standard InChI is InChI=1S/C28H26N4O5S/c29-18-20-14-16-32(17-15-20)26(33)19-30-28(35)22-10-12-23(13-11-22)38(36,37)31-25-9-5-4-8-24(25)27(34)21-6-2-1-3-7-21/h1-13,20,31H,14-17,19H2,(H,30,35). The smallest absolute Gasteiger partial charge is 0.261 e. The van der Waals surface area contributed by atoms with Crippen LogP contribution < -0.4 is 10.0 Å². The summed E-state index contributed by atoms with van der Waals surface area (Å²) in [4.78, 5) is 39.3. The van der Waals surface area contributed by atoms with Crippen LogP contribution in [0.25, 0.3) is 0 Å². The molecule has 0 radical (unpaired) electrons. The maximum absolute atomic E-state index is 13.0. The molecule has 0 bridgehead atoms. The van der Waals surface area contributed by atoms with Crippen molar-refractivity contribution < 1.29 is 22.8 Å². The number of anilines is 1. The Hall–Kier alpha value is -4.49. The summed E-state index contributed by atoms with van der Waals surface area (Å²) < 4.78 is 28.5. The first-order valence-electron chi connectivity index (χ1n) is 12.1. The van der Waals surface area contributed by atoms with Crippen molar-refractivity contribution in [3.05, 3.63) is 95.6 Å². The van der Waals surface area contributed by atoms with Crippen molar-refractivity contribution in [1.82, 2.24) is 10.2 Å². The predicted molar refractivity (Wildman–Crippen MR) is 141 cm³/mol. The molecule has 0 aliphatic carbocycles. The molecule has 0 unspecified atom stereocenters. The Kier molecular flexibility index (Phi) is 8.19. The summed E-state index contributed by atoms with van der Waals surface area (Å²) in [5.74, 6) is -1.11. The average molecular weight is 531 g/mol. The molecule has 4 rings (SSSR count). The summed E-state index contributed by atoms with van der Waals surface area (Å²) in [5, 5.41) is 11.5. The van der Waals surface area contributed by atoms with Crippen molar-refractivity contribution in [3.63, 3.8) is 0 Å². The number of nitriles is 1. The van der Waals surface area contributed by atoms with Crippen LogP contribution in [0, 0.1) is 17.2 Å². The molecule has 0 spiro atoms. The van der Waals surface area contributed by atoms with E-state index in [0.717, 1.165) is 0 Å². The molecular formula is C28H26N4O5S. The maximum Gasteiger partial charge on any atom is 0.261 e. The van der Waals surface area contributed by atoms with Gasteiger partial charge in [-0.15, -0.1) is 0 Å². The number of carbonyl (C=O) groups is 3. The summed E-state index contributed by atoms with van der Waals surface area (Å²) in [6.45, 7) is 0.767. The van der Waals surface area contributed by atoms with Crippen LogP contribution >= 0.6 is 0 Å². The van der Waals surface area contributed by atoms with Crippen LogP contribution in [0.3, 0.4) is 0 Å². The molecule has 3 aromatic rings. The molecule has 1 aliphatic rings. The molecule has 1 aliphatic heterocycles. The monoisotopic (exact) mass is 530 g/mol. The Labute approximate surface area is 221 Å². The Bertz CT molecular complexity index is 1470. The highest BCUT2D eigenvalue weighted by Crippen LogP contribution is 2.23. The number of likely N-dealkylation sites (tertiary alicyclic amines) is 1. The summed E-state index contributed by atoms with van der Waals surface area (Å²) in [6.07, 6.45) is 1.23. The number of nitrogens with one attached hydrogen (secondary N) is 2. The fraction of sp³-hybridized carbons (Fsp3) is 0.214. The van der Waals surface area contributed by atoms with Gasteiger partial charge in [-0.05, 0) is 49.2 Å². The van der Waals surface area contributed by atoms with E-state index in [9.17, 15) is 22.8 Å². The van der Waals surface area contributed by atoms with Gasteiger partial charge in [0.2, 0.25) is 5.91 Å². The van der Waals surface area contributed by atoms with Crippen LogP contribution in [0.1, 0.15) is 39.1 Å². The number of sulfonamides is 1. The van der Waals surface area contributed by atoms with Crippen LogP contribution in [0.5, 0.6) is 0 Å². The van der Waals surface area contributed by atoms with Gasteiger partial charge in [-0.3, -0.25) is 19.1 Å². The van der Waals surface area contributed by atoms with E-state index in [1.807, 2.05) is 0 Å². The van der Waals surface area contributed by atoms with E-state index >= 15 is 0 Å². The van der Waals surface area contributed by atoms with Crippen LogP contribution in [0.15, 0.2) is 83.8 Å². The topological polar surface area (TPSA) is 136 Å². The lowest BCUT2D eigenvalue weighted by Gasteiger charge is -2.29. The highest BCUT2D eigenvalue weighted by molar-refractivity contribution is 7.92. The molecule has 38 heavy (non-hydrogen) atoms. The van der Waals surface area contributed by atoms with Crippen molar-refractivity contribution in [3.8, 4) is 6.07 Å². The first-order valence-corrected chi connectivity index (χ1v) is 13.5. The molecule has 194 valence electrons. The first-order chi connectivity index (χ1) is 18.3. The van der Waals surface area contributed by atoms with Crippen LogP contribution in [0.2, 0.25) is 0 Å². The van der Waals surface area contributed by atoms with E-state index in [4.69, 9.17) is 5.26 Å². The lowest BCUT2D eigenvalue weighted by Crippen LogP contribution is -2.44. The SMILES string of the molecule is N#CC1CCN(C(=O)CNC(=O)c2ccc(S(=O)(=O)Nc3ccccc3C(=O)c3ccccc3)cc2)CC1. The zero-order valence-electron chi connectivity index (χ0n) is 20.5. The van der Waals surface area contributed by atoms with E-state index in [1.54, 1.807) is 53.4 Å². The minimum atomic E-state index is -4.06. The second-order valence-corrected chi connectivity index (χ2v) is 10.5. The molecule has 1 saturated heterocycles. The second kappa shape index (κ2) is 11.7. The lowest BCUT2D eigenvalue weighted by atomic mass is 9.99. The third-order valence-corrected chi connectivity index (χ3v) is 7.69. The fourth-order valence-electron chi connectivity index (χ4n) is 4.13. The van der Waals surface area contributed by atoms with Gasteiger partial charge in [0, 0.05) is 35.7 Å². The van der Waals surface area contributed by atoms with E-state index in [1.165, 1.54) is 30.3 Å². The van der Waals surface area contributed by atoms with Crippen molar-refractivity contribution in [2.45, 2.75) is 17.7 Å². The summed E-state index contributed by atoms with van der Waals surface area (Å²) in [6, 6.07) is 22.4. The molecule has 2 amide bonds. The number of ketones is 1. The summed E-state index contributed by atoms with van der Waals surface area (Å²) in [7, 11) is -4.06. The highest BCUT2D eigenvalue weighted by Gasteiger charge is 2.23. The van der Waals surface area contributed by atoms with Gasteiger partial charge in [-0.1, -0.05) is 42.5 Å². The fourth-order valence-corrected chi connectivity index (χ4v) is 5.21. The number of piperidine rings is 1. The van der Waals surface area contributed by atoms with Gasteiger partial charge in [-0.2, -0.15) is 5.26 Å². The Morgan fingerprint density at radius 2 is 1.50 bits per heavy atom. The largest absolute Gasteiger partial charge is 0.343 e. The van der Waals surface area contributed by atoms with Gasteiger partial charge in [0.05, 0.1) is 23.2 Å². The normalized spacial score (nSPS) is 13.8. The van der Waals surface area contributed by atoms with Crippen LogP contribution in [-0.4, -0.2) is 50.5 Å². The van der Waals surface area contributed by atoms with Gasteiger partial charge in [0.1, 0.15) is 0 Å². The van der Waals surface area contributed by atoms with Crippen molar-refractivity contribution in [2.75, 3.05) is 24.4 Å². The zero-order chi connectivity index (χ0) is 27.1. The van der Waals surface area contributed by atoms with E-state index in [0.29, 0.717) is 31.5 Å². The number of rotatable bonds is 8. The summed E-state index contributed by atoms with van der Waals surface area (Å²) in [5.41, 5.74) is 0.972. The molecule has 10 heteroatoms. The number of hydrogen-bond donors (Lipinski definition) is 2. The van der Waals surface area contributed by atoms with Gasteiger partial charge in [-0.25, -0.2) is 8.42 Å². The maximum atomic E-state index is 13.0. The zero-order valence-corrected chi connectivity index (χ0v) is 21.3. The molecule has 9 nitrogen and oxygen atoms in total. The number of nitrogens with zero attached hydrogens (tertiary/aromatic N) is 2. The van der Waals surface area contributed by atoms with Crippen molar-refractivity contribution >= 4 is 33.3 Å². The van der Waals surface area contributed by atoms with Crippen LogP contribution in [0.4, 0.5) is 5.69 Å². The minimum Gasteiger partial charge on any atom is -0.343 e. The number of hydrogen-bond acceptors (Lipinski definition) is 6. The van der Waals surface area contributed by atoms with Crippen molar-refractivity contribution in [1.29, 1.82) is 5.26 Å². The van der Waals surface area contributed by atoms with E-state index in [2.05, 4.69) is 16.1 Å². The molecular weight excluding hydrogens is 504 g/mol. The molecule has 3 aromatic carbocycles. The molecule has 2 N–H and O–H groups in total. The van der Waals surface area contributed by atoms with Gasteiger partial charge in [0.15, 0.2) is 5.78 Å². The second-order valence-electron chi connectivity index (χ2n) is 8.84. The number of carbonyl (C=O) groups excluding carboxylic acids is 3. The Morgan fingerprint density at radius 1 is 0.868 bits per heavy atom. The molecule has 0 aromatic heterocycles. The minimum absolute atomic E-state index is 0.0456. The van der Waals surface area contributed by atoms with Gasteiger partial charge >= 0.3 is 0 Å². The Morgan fingerprint density at radius 3 is 2.16 bits per heavy atom. The third-order valence-electron chi connectivity index (χ3n) is 6.31. The first kappa shape index (κ1) is 26.6. The van der Waals surface area contributed by atoms with Crippen molar-refractivity contribution in [2.24, 2.45) is 5.92 Å². The molecule has 1 fully saturated rings. The lowest BCUT2D eigenvalue weighted by molar-refractivity contribution is -0.131. The number of amides is 2. The number of para-hydroxylation sites is 1. The Balaban J connectivity index is 1.39.